The minimum atomic E-state index is -0.658. The van der Waals surface area contributed by atoms with Gasteiger partial charge in [-0.25, -0.2) is 0 Å². The molecule has 0 aromatic heterocycles. The first kappa shape index (κ1) is 9.96. The summed E-state index contributed by atoms with van der Waals surface area (Å²) in [5, 5.41) is 17.8. The molecule has 2 heteroatoms. The molecule has 1 aromatic rings. The fourth-order valence-corrected chi connectivity index (χ4v) is 1.13. The van der Waals surface area contributed by atoms with Crippen molar-refractivity contribution in [1.82, 2.24) is 0 Å². The lowest BCUT2D eigenvalue weighted by Crippen LogP contribution is -2.14. The van der Waals surface area contributed by atoms with Crippen LogP contribution in [0.4, 0.5) is 0 Å². The van der Waals surface area contributed by atoms with Crippen LogP contribution in [0.3, 0.4) is 0 Å². The van der Waals surface area contributed by atoms with Crippen molar-refractivity contribution in [3.63, 3.8) is 0 Å². The van der Waals surface area contributed by atoms with Gasteiger partial charge in [-0.3, -0.25) is 0 Å². The smallest absolute Gasteiger partial charge is 0.0811 e. The summed E-state index contributed by atoms with van der Waals surface area (Å²) in [7, 11) is 0. The fourth-order valence-electron chi connectivity index (χ4n) is 1.13. The number of aliphatic hydroxyl groups excluding tert-OH is 2. The highest BCUT2D eigenvalue weighted by molar-refractivity contribution is 5.47. The summed E-state index contributed by atoms with van der Waals surface area (Å²) in [5.74, 6) is 0. The minimum absolute atomic E-state index is 0.191. The summed E-state index contributed by atoms with van der Waals surface area (Å²) in [6.07, 6.45) is 1.61. The van der Waals surface area contributed by atoms with E-state index in [1.807, 2.05) is 24.3 Å². The molecule has 0 fully saturated rings. The molecule has 70 valence electrons. The number of hydrogen-bond donors (Lipinski definition) is 2. The second kappa shape index (κ2) is 4.80. The molecular weight excluding hydrogens is 164 g/mol. The van der Waals surface area contributed by atoms with Crippen LogP contribution in [-0.2, 0) is 6.42 Å². The fraction of sp³-hybridized carbons (Fsp3) is 0.273. The molecule has 2 N–H and O–H groups in total. The molecule has 0 spiro atoms. The molecule has 0 saturated carbocycles. The molecule has 0 radical (unpaired) electrons. The maximum absolute atomic E-state index is 9.17. The molecule has 1 unspecified atom stereocenters. The summed E-state index contributed by atoms with van der Waals surface area (Å²) in [5.41, 5.74) is 2.08. The Morgan fingerprint density at radius 1 is 1.31 bits per heavy atom. The van der Waals surface area contributed by atoms with Gasteiger partial charge in [0.25, 0.3) is 0 Å². The van der Waals surface area contributed by atoms with Crippen LogP contribution in [-0.4, -0.2) is 22.9 Å². The van der Waals surface area contributed by atoms with Crippen molar-refractivity contribution in [2.45, 2.75) is 12.5 Å². The van der Waals surface area contributed by atoms with Gasteiger partial charge in [-0.05, 0) is 11.1 Å². The normalized spacial score (nSPS) is 12.5. The van der Waals surface area contributed by atoms with Crippen molar-refractivity contribution in [2.24, 2.45) is 0 Å². The van der Waals surface area contributed by atoms with Crippen molar-refractivity contribution in [2.75, 3.05) is 6.61 Å². The first-order chi connectivity index (χ1) is 6.26. The summed E-state index contributed by atoms with van der Waals surface area (Å²) in [6.45, 7) is 3.46. The SMILES string of the molecule is C=Cc1ccc(CC(O)CO)cc1. The maximum atomic E-state index is 9.17. The van der Waals surface area contributed by atoms with E-state index in [0.717, 1.165) is 11.1 Å². The predicted molar refractivity (Wildman–Crippen MR) is 53.3 cm³/mol. The van der Waals surface area contributed by atoms with Crippen LogP contribution in [0.5, 0.6) is 0 Å². The molecule has 0 saturated heterocycles. The summed E-state index contributed by atoms with van der Waals surface area (Å²) >= 11 is 0. The van der Waals surface area contributed by atoms with E-state index in [4.69, 9.17) is 10.2 Å². The van der Waals surface area contributed by atoms with Crippen LogP contribution in [0.2, 0.25) is 0 Å². The number of aliphatic hydroxyl groups is 2. The van der Waals surface area contributed by atoms with Gasteiger partial charge in [0.15, 0.2) is 0 Å². The number of rotatable bonds is 4. The summed E-state index contributed by atoms with van der Waals surface area (Å²) < 4.78 is 0. The largest absolute Gasteiger partial charge is 0.394 e. The predicted octanol–water partition coefficient (Wildman–Crippen LogP) is 1.23. The lowest BCUT2D eigenvalue weighted by molar-refractivity contribution is 0.0955. The van der Waals surface area contributed by atoms with Crippen molar-refractivity contribution < 1.29 is 10.2 Å². The van der Waals surface area contributed by atoms with Crippen LogP contribution in [0.15, 0.2) is 30.8 Å². The monoisotopic (exact) mass is 178 g/mol. The molecule has 1 atom stereocenters. The topological polar surface area (TPSA) is 40.5 Å². The van der Waals surface area contributed by atoms with E-state index in [9.17, 15) is 0 Å². The summed E-state index contributed by atoms with van der Waals surface area (Å²) in [4.78, 5) is 0. The van der Waals surface area contributed by atoms with Gasteiger partial charge in [0, 0.05) is 6.42 Å². The number of hydrogen-bond acceptors (Lipinski definition) is 2. The summed E-state index contributed by atoms with van der Waals surface area (Å²) in [6, 6.07) is 7.73. The molecule has 2 nitrogen and oxygen atoms in total. The first-order valence-electron chi connectivity index (χ1n) is 4.26. The lowest BCUT2D eigenvalue weighted by Gasteiger charge is -2.06. The van der Waals surface area contributed by atoms with Gasteiger partial charge >= 0.3 is 0 Å². The Morgan fingerprint density at radius 3 is 2.38 bits per heavy atom. The molecule has 0 aliphatic rings. The van der Waals surface area contributed by atoms with Crippen molar-refractivity contribution >= 4 is 6.08 Å². The van der Waals surface area contributed by atoms with E-state index in [1.165, 1.54) is 0 Å². The third-order valence-electron chi connectivity index (χ3n) is 1.90. The highest BCUT2D eigenvalue weighted by Gasteiger charge is 2.02. The third kappa shape index (κ3) is 3.01. The quantitative estimate of drug-likeness (QED) is 0.728. The molecule has 0 amide bonds. The van der Waals surface area contributed by atoms with Gasteiger partial charge in [0.1, 0.15) is 0 Å². The van der Waals surface area contributed by atoms with E-state index in [-0.39, 0.29) is 6.61 Å². The molecular formula is C11H14O2. The van der Waals surface area contributed by atoms with E-state index < -0.39 is 6.10 Å². The van der Waals surface area contributed by atoms with Crippen molar-refractivity contribution in [3.05, 3.63) is 42.0 Å². The minimum Gasteiger partial charge on any atom is -0.394 e. The van der Waals surface area contributed by atoms with Crippen LogP contribution in [0.25, 0.3) is 6.08 Å². The maximum Gasteiger partial charge on any atom is 0.0811 e. The van der Waals surface area contributed by atoms with Crippen molar-refractivity contribution in [1.29, 1.82) is 0 Å². The number of benzene rings is 1. The molecule has 1 rings (SSSR count). The second-order valence-electron chi connectivity index (χ2n) is 2.99. The molecule has 0 aliphatic carbocycles. The first-order valence-corrected chi connectivity index (χ1v) is 4.26. The third-order valence-corrected chi connectivity index (χ3v) is 1.90. The Hall–Kier alpha value is -1.12. The zero-order valence-electron chi connectivity index (χ0n) is 7.48. The Labute approximate surface area is 78.2 Å². The van der Waals surface area contributed by atoms with E-state index in [2.05, 4.69) is 6.58 Å². The molecule has 1 aromatic carbocycles. The zero-order chi connectivity index (χ0) is 9.68. The lowest BCUT2D eigenvalue weighted by atomic mass is 10.1. The van der Waals surface area contributed by atoms with Gasteiger partial charge in [0.2, 0.25) is 0 Å². The molecule has 0 heterocycles. The Balaban J connectivity index is 2.63. The van der Waals surface area contributed by atoms with Crippen molar-refractivity contribution in [3.8, 4) is 0 Å². The van der Waals surface area contributed by atoms with Crippen LogP contribution in [0, 0.1) is 0 Å². The Kier molecular flexibility index (Phi) is 3.68. The average molecular weight is 178 g/mol. The van der Waals surface area contributed by atoms with Gasteiger partial charge in [-0.15, -0.1) is 0 Å². The van der Waals surface area contributed by atoms with E-state index in [1.54, 1.807) is 6.08 Å². The van der Waals surface area contributed by atoms with Crippen LogP contribution in [0.1, 0.15) is 11.1 Å². The highest BCUT2D eigenvalue weighted by atomic mass is 16.3. The van der Waals surface area contributed by atoms with E-state index in [0.29, 0.717) is 6.42 Å². The highest BCUT2D eigenvalue weighted by Crippen LogP contribution is 2.07. The molecule has 0 bridgehead atoms. The average Bonchev–Trinajstić information content (AvgIpc) is 2.19. The van der Waals surface area contributed by atoms with Gasteiger partial charge < -0.3 is 10.2 Å². The van der Waals surface area contributed by atoms with Gasteiger partial charge in [-0.1, -0.05) is 36.9 Å². The zero-order valence-corrected chi connectivity index (χ0v) is 7.48. The van der Waals surface area contributed by atoms with Gasteiger partial charge in [0.05, 0.1) is 12.7 Å². The molecule has 13 heavy (non-hydrogen) atoms. The van der Waals surface area contributed by atoms with E-state index >= 15 is 0 Å². The van der Waals surface area contributed by atoms with Crippen LogP contribution < -0.4 is 0 Å². The Bertz CT molecular complexity index is 264. The van der Waals surface area contributed by atoms with Crippen LogP contribution >= 0.6 is 0 Å². The Morgan fingerprint density at radius 2 is 1.92 bits per heavy atom. The second-order valence-corrected chi connectivity index (χ2v) is 2.99. The standard InChI is InChI=1S/C11H14O2/c1-2-9-3-5-10(6-4-9)7-11(13)8-12/h2-6,11-13H,1,7-8H2. The molecule has 0 aliphatic heterocycles. The van der Waals surface area contributed by atoms with Gasteiger partial charge in [-0.2, -0.15) is 0 Å².